The molecule has 0 spiro atoms. The van der Waals surface area contributed by atoms with Gasteiger partial charge < -0.3 is 26.4 Å². The van der Waals surface area contributed by atoms with Gasteiger partial charge in [-0.2, -0.15) is 56.4 Å². The van der Waals surface area contributed by atoms with Crippen LogP contribution < -0.4 is 5.11 Å². The van der Waals surface area contributed by atoms with Gasteiger partial charge in [-0.1, -0.05) is 66.7 Å². The molecule has 0 saturated heterocycles. The molecule has 0 aromatic heterocycles. The zero-order valence-electron chi connectivity index (χ0n) is 23.5. The molecule has 0 radical (unpaired) electrons. The molecule has 1 aromatic carbocycles. The Hall–Kier alpha value is -0.730. The number of hydrogen-bond donors (Lipinski definition) is 0. The standard InChI is InChI=1S/C17H27NO.4C2H6N.Ta/c1-11(2)13-9-8-10-14(12(3)4)15(13)18-16(19)17(5,6)7;4*1-3-2;/h8-12H,1-7H3,(H,18,19);4*1-2H3;/q;4*-1;+5/p-1. The Kier molecular flexibility index (Phi) is 34.4. The molecule has 0 aliphatic carbocycles. The third-order valence-electron chi connectivity index (χ3n) is 3.20. The van der Waals surface area contributed by atoms with Gasteiger partial charge in [0.1, 0.15) is 0 Å². The molecular weight excluding hydrogens is 567 g/mol. The number of aliphatic imine (C=N–C) groups is 1. The van der Waals surface area contributed by atoms with E-state index in [1.54, 1.807) is 56.4 Å². The van der Waals surface area contributed by atoms with Gasteiger partial charge in [0.2, 0.25) is 0 Å². The van der Waals surface area contributed by atoms with Crippen LogP contribution in [0.15, 0.2) is 23.2 Å². The Morgan fingerprint density at radius 3 is 1.16 bits per heavy atom. The van der Waals surface area contributed by atoms with E-state index in [9.17, 15) is 5.11 Å². The van der Waals surface area contributed by atoms with Crippen molar-refractivity contribution in [3.63, 3.8) is 0 Å². The fourth-order valence-corrected chi connectivity index (χ4v) is 1.91. The Balaban J connectivity index is -0.000000156. The fraction of sp³-hybridized carbons (Fsp3) is 0.720. The van der Waals surface area contributed by atoms with Gasteiger partial charge in [-0.25, -0.2) is 0 Å². The van der Waals surface area contributed by atoms with Crippen molar-refractivity contribution < 1.29 is 27.5 Å². The molecule has 0 N–H and O–H groups in total. The topological polar surface area (TPSA) is 91.8 Å². The SMILES string of the molecule is CC(C)c1cccc(C(C)C)c1N=C([O-])C(C)(C)C.C[N-]C.C[N-]C.C[N-]C.C[N-]C.[Ta+5]. The molecule has 32 heavy (non-hydrogen) atoms. The average molecular weight is 618 g/mol. The van der Waals surface area contributed by atoms with Crippen LogP contribution >= 0.6 is 0 Å². The number of hydrogen-bond acceptors (Lipinski definition) is 2. The van der Waals surface area contributed by atoms with Crippen LogP contribution in [0.25, 0.3) is 21.3 Å². The zero-order valence-corrected chi connectivity index (χ0v) is 26.7. The molecule has 0 heterocycles. The summed E-state index contributed by atoms with van der Waals surface area (Å²) in [6.07, 6.45) is 0. The van der Waals surface area contributed by atoms with Crippen molar-refractivity contribution in [3.8, 4) is 0 Å². The van der Waals surface area contributed by atoms with Crippen LogP contribution in [-0.2, 0) is 22.4 Å². The molecule has 1 aromatic rings. The molecule has 7 heteroatoms. The van der Waals surface area contributed by atoms with E-state index in [0.717, 1.165) is 16.8 Å². The van der Waals surface area contributed by atoms with E-state index < -0.39 is 5.41 Å². The van der Waals surface area contributed by atoms with E-state index in [2.05, 4.69) is 72.2 Å². The summed E-state index contributed by atoms with van der Waals surface area (Å²) in [5, 5.41) is 26.2. The maximum absolute atomic E-state index is 12.2. The van der Waals surface area contributed by atoms with Gasteiger partial charge in [0, 0.05) is 0 Å². The van der Waals surface area contributed by atoms with Gasteiger partial charge in [0.25, 0.3) is 0 Å². The Morgan fingerprint density at radius 1 is 0.719 bits per heavy atom. The zero-order chi connectivity index (χ0) is 25.6. The van der Waals surface area contributed by atoms with Crippen LogP contribution in [0.1, 0.15) is 71.4 Å². The fourth-order valence-electron chi connectivity index (χ4n) is 1.91. The van der Waals surface area contributed by atoms with Gasteiger partial charge >= 0.3 is 22.4 Å². The van der Waals surface area contributed by atoms with Crippen LogP contribution in [0.2, 0.25) is 0 Å². The van der Waals surface area contributed by atoms with Crippen LogP contribution in [0.3, 0.4) is 0 Å². The normalized spacial score (nSPS) is 10.2. The van der Waals surface area contributed by atoms with Crippen molar-refractivity contribution in [2.75, 3.05) is 56.4 Å². The first-order chi connectivity index (χ1) is 14.3. The molecule has 186 valence electrons. The summed E-state index contributed by atoms with van der Waals surface area (Å²) in [5.74, 6) is 0.679. The van der Waals surface area contributed by atoms with Crippen LogP contribution in [0.4, 0.5) is 5.69 Å². The van der Waals surface area contributed by atoms with Crippen molar-refractivity contribution in [2.45, 2.75) is 60.3 Å². The van der Waals surface area contributed by atoms with Crippen molar-refractivity contribution in [2.24, 2.45) is 10.4 Å². The van der Waals surface area contributed by atoms with Gasteiger partial charge in [0.15, 0.2) is 0 Å². The number of benzene rings is 1. The molecule has 0 aliphatic rings. The summed E-state index contributed by atoms with van der Waals surface area (Å²) in [4.78, 5) is 4.43. The number of para-hydroxylation sites is 1. The van der Waals surface area contributed by atoms with Crippen LogP contribution in [0.5, 0.6) is 0 Å². The maximum atomic E-state index is 12.2. The van der Waals surface area contributed by atoms with Crippen LogP contribution in [-0.4, -0.2) is 62.3 Å². The van der Waals surface area contributed by atoms with E-state index in [0.29, 0.717) is 11.8 Å². The second-order valence-electron chi connectivity index (χ2n) is 8.55. The second kappa shape index (κ2) is 26.5. The molecule has 0 amide bonds. The predicted molar refractivity (Wildman–Crippen MR) is 142 cm³/mol. The summed E-state index contributed by atoms with van der Waals surface area (Å²) in [5.41, 5.74) is 2.76. The quantitative estimate of drug-likeness (QED) is 0.270. The van der Waals surface area contributed by atoms with Crippen molar-refractivity contribution in [1.29, 1.82) is 0 Å². The molecule has 6 nitrogen and oxygen atoms in total. The number of rotatable bonds is 3. The van der Waals surface area contributed by atoms with E-state index in [-0.39, 0.29) is 28.3 Å². The van der Waals surface area contributed by atoms with Gasteiger partial charge in [-0.15, -0.1) is 0 Å². The van der Waals surface area contributed by atoms with E-state index in [1.165, 1.54) is 0 Å². The largest absolute Gasteiger partial charge is 5.00 e. The Bertz CT molecular complexity index is 507. The molecular formula is C25H50N5OTa. The summed E-state index contributed by atoms with van der Waals surface area (Å²) in [6.45, 7) is 14.3. The van der Waals surface area contributed by atoms with Crippen LogP contribution in [0, 0.1) is 5.41 Å². The van der Waals surface area contributed by atoms with Gasteiger partial charge in [-0.05, 0) is 34.3 Å². The average Bonchev–Trinajstić information content (AvgIpc) is 2.63. The minimum absolute atomic E-state index is 0. The Labute approximate surface area is 216 Å². The summed E-state index contributed by atoms with van der Waals surface area (Å²) in [6, 6.07) is 6.21. The van der Waals surface area contributed by atoms with Crippen molar-refractivity contribution in [1.82, 2.24) is 0 Å². The molecule has 0 saturated carbocycles. The summed E-state index contributed by atoms with van der Waals surface area (Å²) in [7, 11) is 14.0. The molecule has 0 fully saturated rings. The minimum atomic E-state index is -0.432. The first-order valence-corrected chi connectivity index (χ1v) is 10.6. The minimum Gasteiger partial charge on any atom is -0.861 e. The third-order valence-corrected chi connectivity index (χ3v) is 3.20. The van der Waals surface area contributed by atoms with Crippen molar-refractivity contribution in [3.05, 3.63) is 50.6 Å². The third kappa shape index (κ3) is 23.9. The summed E-state index contributed by atoms with van der Waals surface area (Å²) < 4.78 is 0. The van der Waals surface area contributed by atoms with Gasteiger partial charge in [-0.3, -0.25) is 4.99 Å². The number of nitrogens with zero attached hydrogens (tertiary/aromatic N) is 5. The molecule has 0 bridgehead atoms. The Morgan fingerprint density at radius 2 is 0.969 bits per heavy atom. The molecule has 0 atom stereocenters. The second-order valence-corrected chi connectivity index (χ2v) is 8.55. The smallest absolute Gasteiger partial charge is 0.861 e. The first kappa shape index (κ1) is 41.5. The van der Waals surface area contributed by atoms with Gasteiger partial charge in [0.05, 0.1) is 5.69 Å². The van der Waals surface area contributed by atoms with E-state index in [1.807, 2.05) is 20.8 Å². The predicted octanol–water partition coefficient (Wildman–Crippen LogP) is 6.85. The monoisotopic (exact) mass is 617 g/mol. The van der Waals surface area contributed by atoms with E-state index in [4.69, 9.17) is 0 Å². The molecule has 0 unspecified atom stereocenters. The van der Waals surface area contributed by atoms with E-state index >= 15 is 0 Å². The summed E-state index contributed by atoms with van der Waals surface area (Å²) >= 11 is 0. The maximum Gasteiger partial charge on any atom is 5.00 e. The molecule has 1 rings (SSSR count). The first-order valence-electron chi connectivity index (χ1n) is 10.6. The molecule has 0 aliphatic heterocycles. The van der Waals surface area contributed by atoms with Crippen molar-refractivity contribution >= 4 is 11.6 Å².